The molecule has 0 bridgehead atoms. The summed E-state index contributed by atoms with van der Waals surface area (Å²) in [6.07, 6.45) is 2.13. The van der Waals surface area contributed by atoms with Crippen LogP contribution in [0.25, 0.3) is 0 Å². The lowest BCUT2D eigenvalue weighted by Crippen LogP contribution is -3.13. The summed E-state index contributed by atoms with van der Waals surface area (Å²) in [5, 5.41) is 11.7. The highest BCUT2D eigenvalue weighted by atomic mass is 16.6. The van der Waals surface area contributed by atoms with Crippen molar-refractivity contribution in [3.63, 3.8) is 0 Å². The fourth-order valence-electron chi connectivity index (χ4n) is 4.45. The summed E-state index contributed by atoms with van der Waals surface area (Å²) in [5.41, 5.74) is 7.22. The number of anilines is 3. The number of benzene rings is 1. The van der Waals surface area contributed by atoms with E-state index in [9.17, 15) is 10.1 Å². The van der Waals surface area contributed by atoms with E-state index >= 15 is 0 Å². The van der Waals surface area contributed by atoms with Crippen LogP contribution in [0.5, 0.6) is 0 Å². The smallest absolute Gasteiger partial charge is 0.353 e. The highest BCUT2D eigenvalue weighted by Crippen LogP contribution is 2.35. The molecular weight excluding hydrogens is 382 g/mol. The molecule has 1 atom stereocenters. The number of hydrogen-bond acceptors (Lipinski definition) is 7. The minimum atomic E-state index is -0.449. The Morgan fingerprint density at radius 2 is 1.90 bits per heavy atom. The Balaban J connectivity index is 1.51. The Hall–Kier alpha value is -2.94. The van der Waals surface area contributed by atoms with Gasteiger partial charge in [-0.3, -0.25) is 10.1 Å². The van der Waals surface area contributed by atoms with Crippen molar-refractivity contribution in [2.45, 2.75) is 26.3 Å². The van der Waals surface area contributed by atoms with Crippen molar-refractivity contribution in [3.05, 3.63) is 46.0 Å². The van der Waals surface area contributed by atoms with Crippen LogP contribution in [0.3, 0.4) is 0 Å². The number of nitrogens with zero attached hydrogens (tertiary/aromatic N) is 5. The zero-order valence-corrected chi connectivity index (χ0v) is 17.5. The van der Waals surface area contributed by atoms with Crippen molar-refractivity contribution in [1.29, 1.82) is 0 Å². The minimum absolute atomic E-state index is 0.0442. The maximum atomic E-state index is 11.7. The van der Waals surface area contributed by atoms with Crippen LogP contribution < -0.4 is 20.4 Å². The van der Waals surface area contributed by atoms with Gasteiger partial charge in [0.1, 0.15) is 6.54 Å². The number of piperidine rings is 1. The van der Waals surface area contributed by atoms with E-state index in [2.05, 4.69) is 46.1 Å². The molecule has 1 aromatic heterocycles. The van der Waals surface area contributed by atoms with E-state index in [-0.39, 0.29) is 11.5 Å². The molecule has 0 spiro atoms. The summed E-state index contributed by atoms with van der Waals surface area (Å²) in [4.78, 5) is 25.8. The van der Waals surface area contributed by atoms with Gasteiger partial charge in [0.2, 0.25) is 17.6 Å². The fraction of sp³-hybridized carbons (Fsp3) is 0.524. The lowest BCUT2D eigenvalue weighted by molar-refractivity contribution is -0.914. The van der Waals surface area contributed by atoms with Gasteiger partial charge < -0.3 is 20.4 Å². The molecular formula is C21H30N7O2+. The van der Waals surface area contributed by atoms with E-state index in [1.807, 2.05) is 11.0 Å². The molecule has 160 valence electrons. The van der Waals surface area contributed by atoms with Crippen molar-refractivity contribution in [2.75, 3.05) is 54.8 Å². The van der Waals surface area contributed by atoms with Crippen molar-refractivity contribution < 1.29 is 9.82 Å². The molecule has 2 aliphatic heterocycles. The summed E-state index contributed by atoms with van der Waals surface area (Å²) < 4.78 is 0. The number of hydrogen-bond donors (Lipinski definition) is 2. The SMILES string of the molecule is C[C@H]1CCCN(c2nc(N3CC[NH+](Cc4ccccc4)CC3)nc(N)c2[N+](=O)[O-])C1. The lowest BCUT2D eigenvalue weighted by Gasteiger charge is -2.34. The first kappa shape index (κ1) is 20.3. The average molecular weight is 413 g/mol. The van der Waals surface area contributed by atoms with Crippen LogP contribution in [0.1, 0.15) is 25.3 Å². The van der Waals surface area contributed by atoms with E-state index in [0.717, 1.165) is 58.7 Å². The van der Waals surface area contributed by atoms with Gasteiger partial charge in [-0.1, -0.05) is 37.3 Å². The molecule has 3 heterocycles. The van der Waals surface area contributed by atoms with E-state index in [4.69, 9.17) is 5.73 Å². The summed E-state index contributed by atoms with van der Waals surface area (Å²) in [7, 11) is 0. The van der Waals surface area contributed by atoms with Crippen LogP contribution in [0, 0.1) is 16.0 Å². The third kappa shape index (κ3) is 4.46. The van der Waals surface area contributed by atoms with Gasteiger partial charge in [-0.05, 0) is 18.8 Å². The third-order valence-corrected chi connectivity index (χ3v) is 6.07. The standard InChI is InChI=1S/C21H29N7O2/c1-16-6-5-9-27(14-16)20-18(28(29)30)19(22)23-21(24-20)26-12-10-25(11-13-26)15-17-7-3-2-4-8-17/h2-4,7-8,16H,5-6,9-15H2,1H3,(H2,22,23,24)/p+1/t16-/m0/s1. The quantitative estimate of drug-likeness (QED) is 0.560. The molecule has 9 nitrogen and oxygen atoms in total. The lowest BCUT2D eigenvalue weighted by atomic mass is 10.0. The number of nitrogens with one attached hydrogen (secondary N) is 1. The molecule has 2 fully saturated rings. The molecule has 2 saturated heterocycles. The first-order valence-electron chi connectivity index (χ1n) is 10.7. The van der Waals surface area contributed by atoms with Crippen LogP contribution in [0.15, 0.2) is 30.3 Å². The zero-order valence-electron chi connectivity index (χ0n) is 17.5. The number of aromatic nitrogens is 2. The Bertz CT molecular complexity index is 884. The van der Waals surface area contributed by atoms with Gasteiger partial charge in [-0.2, -0.15) is 9.97 Å². The Labute approximate surface area is 176 Å². The topological polar surface area (TPSA) is 106 Å². The van der Waals surface area contributed by atoms with Crippen molar-refractivity contribution in [3.8, 4) is 0 Å². The molecule has 0 saturated carbocycles. The summed E-state index contributed by atoms with van der Waals surface area (Å²) >= 11 is 0. The monoisotopic (exact) mass is 412 g/mol. The third-order valence-electron chi connectivity index (χ3n) is 6.07. The minimum Gasteiger partial charge on any atom is -0.378 e. The zero-order chi connectivity index (χ0) is 21.1. The molecule has 0 unspecified atom stereocenters. The Morgan fingerprint density at radius 1 is 1.17 bits per heavy atom. The van der Waals surface area contributed by atoms with Gasteiger partial charge >= 0.3 is 5.69 Å². The van der Waals surface area contributed by atoms with Gasteiger partial charge in [-0.15, -0.1) is 0 Å². The van der Waals surface area contributed by atoms with Crippen molar-refractivity contribution >= 4 is 23.3 Å². The number of quaternary nitrogens is 1. The van der Waals surface area contributed by atoms with Gasteiger partial charge in [0, 0.05) is 18.7 Å². The van der Waals surface area contributed by atoms with Gasteiger partial charge in [0.05, 0.1) is 31.1 Å². The van der Waals surface area contributed by atoms with Crippen LogP contribution in [-0.2, 0) is 6.54 Å². The fourth-order valence-corrected chi connectivity index (χ4v) is 4.45. The number of nitrogens with two attached hydrogens (primary N) is 1. The molecule has 0 aliphatic carbocycles. The normalized spacial score (nSPS) is 20.4. The predicted octanol–water partition coefficient (Wildman–Crippen LogP) is 1.11. The summed E-state index contributed by atoms with van der Waals surface area (Å²) in [5.74, 6) is 1.30. The van der Waals surface area contributed by atoms with E-state index in [1.165, 1.54) is 10.5 Å². The number of nitrogen functional groups attached to an aromatic ring is 1. The maximum Gasteiger partial charge on any atom is 0.353 e. The first-order chi connectivity index (χ1) is 14.5. The predicted molar refractivity (Wildman–Crippen MR) is 117 cm³/mol. The van der Waals surface area contributed by atoms with Crippen LogP contribution in [0.2, 0.25) is 0 Å². The molecule has 0 amide bonds. The second kappa shape index (κ2) is 8.83. The largest absolute Gasteiger partial charge is 0.378 e. The van der Waals surface area contributed by atoms with Crippen LogP contribution in [0.4, 0.5) is 23.3 Å². The summed E-state index contributed by atoms with van der Waals surface area (Å²) in [6, 6.07) is 10.5. The molecule has 2 aliphatic rings. The van der Waals surface area contributed by atoms with Crippen LogP contribution >= 0.6 is 0 Å². The number of nitro groups is 1. The molecule has 0 radical (unpaired) electrons. The highest BCUT2D eigenvalue weighted by molar-refractivity contribution is 5.71. The second-order valence-electron chi connectivity index (χ2n) is 8.43. The Kier molecular flexibility index (Phi) is 5.98. The number of piperazine rings is 1. The highest BCUT2D eigenvalue weighted by Gasteiger charge is 2.32. The first-order valence-corrected chi connectivity index (χ1v) is 10.7. The van der Waals surface area contributed by atoms with Crippen molar-refractivity contribution in [2.24, 2.45) is 5.92 Å². The summed E-state index contributed by atoms with van der Waals surface area (Å²) in [6.45, 7) is 8.20. The maximum absolute atomic E-state index is 11.7. The molecule has 1 aromatic carbocycles. The van der Waals surface area contributed by atoms with E-state index in [1.54, 1.807) is 0 Å². The average Bonchev–Trinajstić information content (AvgIpc) is 2.74. The number of rotatable bonds is 5. The molecule has 2 aromatic rings. The van der Waals surface area contributed by atoms with E-state index in [0.29, 0.717) is 17.7 Å². The molecule has 3 N–H and O–H groups in total. The van der Waals surface area contributed by atoms with Gasteiger partial charge in [0.15, 0.2) is 0 Å². The molecule has 30 heavy (non-hydrogen) atoms. The molecule has 9 heteroatoms. The Morgan fingerprint density at radius 3 is 2.57 bits per heavy atom. The van der Waals surface area contributed by atoms with Crippen LogP contribution in [-0.4, -0.2) is 54.2 Å². The van der Waals surface area contributed by atoms with Gasteiger partial charge in [-0.25, -0.2) is 0 Å². The van der Waals surface area contributed by atoms with E-state index < -0.39 is 4.92 Å². The second-order valence-corrected chi connectivity index (χ2v) is 8.43. The van der Waals surface area contributed by atoms with Gasteiger partial charge in [0.25, 0.3) is 0 Å². The van der Waals surface area contributed by atoms with Crippen molar-refractivity contribution in [1.82, 2.24) is 9.97 Å². The molecule has 4 rings (SSSR count).